The number of ether oxygens (including phenoxy) is 1. The number of halogens is 2. The Bertz CT molecular complexity index is 1490. The molecule has 10 heteroatoms. The third-order valence-corrected chi connectivity index (χ3v) is 7.13. The van der Waals surface area contributed by atoms with Crippen molar-refractivity contribution in [2.75, 3.05) is 17.3 Å². The van der Waals surface area contributed by atoms with Crippen molar-refractivity contribution in [2.24, 2.45) is 0 Å². The maximum absolute atomic E-state index is 12.0. The van der Waals surface area contributed by atoms with E-state index in [9.17, 15) is 4.79 Å². The van der Waals surface area contributed by atoms with Gasteiger partial charge in [-0.25, -0.2) is 0 Å². The molecule has 0 spiro atoms. The first-order valence-corrected chi connectivity index (χ1v) is 13.1. The predicted molar refractivity (Wildman–Crippen MR) is 154 cm³/mol. The molecule has 2 N–H and O–H groups in total. The van der Waals surface area contributed by atoms with Crippen LogP contribution in [-0.2, 0) is 4.79 Å². The van der Waals surface area contributed by atoms with E-state index in [0.29, 0.717) is 44.5 Å². The molecule has 1 amide bonds. The maximum atomic E-state index is 12.0. The highest BCUT2D eigenvalue weighted by molar-refractivity contribution is 7.80. The first kappa shape index (κ1) is 26.0. The van der Waals surface area contributed by atoms with Crippen LogP contribution in [-0.4, -0.2) is 23.1 Å². The third kappa shape index (κ3) is 5.07. The Hall–Kier alpha value is -3.59. The first-order chi connectivity index (χ1) is 18.4. The minimum absolute atomic E-state index is 0.105. The normalized spacial score (nSPS) is 16.8. The molecule has 0 saturated carbocycles. The average molecular weight is 567 g/mol. The Morgan fingerprint density at radius 2 is 2.00 bits per heavy atom. The van der Waals surface area contributed by atoms with E-state index in [1.165, 1.54) is 0 Å². The van der Waals surface area contributed by atoms with Crippen molar-refractivity contribution in [1.29, 1.82) is 0 Å². The fourth-order valence-corrected chi connectivity index (χ4v) is 5.29. The summed E-state index contributed by atoms with van der Waals surface area (Å²) in [6.45, 7) is 1.79. The van der Waals surface area contributed by atoms with Crippen molar-refractivity contribution in [3.05, 3.63) is 94.4 Å². The Morgan fingerprint density at radius 3 is 2.71 bits per heavy atom. The fraction of sp³-hybridized carbons (Fsp3) is 0.179. The van der Waals surface area contributed by atoms with Gasteiger partial charge in [0.1, 0.15) is 23.3 Å². The Morgan fingerprint density at radius 1 is 1.16 bits per heavy atom. The van der Waals surface area contributed by atoms with Gasteiger partial charge in [-0.3, -0.25) is 9.78 Å². The van der Waals surface area contributed by atoms with Crippen LogP contribution in [0.3, 0.4) is 0 Å². The van der Waals surface area contributed by atoms with Crippen LogP contribution in [0.15, 0.2) is 77.3 Å². The fourth-order valence-electron chi connectivity index (χ4n) is 4.44. The van der Waals surface area contributed by atoms with Gasteiger partial charge >= 0.3 is 0 Å². The smallest absolute Gasteiger partial charge is 0.224 e. The first-order valence-electron chi connectivity index (χ1n) is 11.9. The van der Waals surface area contributed by atoms with Crippen LogP contribution in [0.5, 0.6) is 5.75 Å². The van der Waals surface area contributed by atoms with E-state index in [0.717, 1.165) is 16.9 Å². The van der Waals surface area contributed by atoms with E-state index in [4.69, 9.17) is 44.6 Å². The molecule has 2 aromatic heterocycles. The van der Waals surface area contributed by atoms with Gasteiger partial charge in [0, 0.05) is 35.0 Å². The van der Waals surface area contributed by atoms with E-state index in [1.807, 2.05) is 53.4 Å². The van der Waals surface area contributed by atoms with Crippen LogP contribution < -0.4 is 20.3 Å². The lowest BCUT2D eigenvalue weighted by molar-refractivity contribution is -0.115. The quantitative estimate of drug-likeness (QED) is 0.229. The number of thiocarbonyl (C=S) groups is 1. The minimum Gasteiger partial charge on any atom is -0.494 e. The van der Waals surface area contributed by atoms with Gasteiger partial charge in [0.25, 0.3) is 0 Å². The number of aromatic nitrogens is 1. The van der Waals surface area contributed by atoms with E-state index in [2.05, 4.69) is 15.6 Å². The van der Waals surface area contributed by atoms with Gasteiger partial charge in [0.05, 0.1) is 29.6 Å². The lowest BCUT2D eigenvalue weighted by Crippen LogP contribution is -2.29. The molecule has 1 aliphatic heterocycles. The largest absolute Gasteiger partial charge is 0.494 e. The Balaban J connectivity index is 1.58. The number of pyridine rings is 1. The molecule has 0 radical (unpaired) electrons. The molecule has 2 atom stereocenters. The van der Waals surface area contributed by atoms with Crippen LogP contribution in [0.2, 0.25) is 10.0 Å². The summed E-state index contributed by atoms with van der Waals surface area (Å²) < 4.78 is 12.0. The predicted octanol–water partition coefficient (Wildman–Crippen LogP) is 7.18. The summed E-state index contributed by atoms with van der Waals surface area (Å²) in [6.07, 6.45) is 2.10. The second-order valence-corrected chi connectivity index (χ2v) is 9.84. The summed E-state index contributed by atoms with van der Waals surface area (Å²) in [5.41, 5.74) is 2.88. The molecule has 7 nitrogen and oxygen atoms in total. The number of anilines is 2. The van der Waals surface area contributed by atoms with E-state index in [1.54, 1.807) is 38.4 Å². The zero-order valence-corrected chi connectivity index (χ0v) is 22.9. The van der Waals surface area contributed by atoms with Crippen molar-refractivity contribution in [3.63, 3.8) is 0 Å². The molecule has 0 aliphatic carbocycles. The van der Waals surface area contributed by atoms with Gasteiger partial charge in [-0.05, 0) is 66.8 Å². The van der Waals surface area contributed by atoms with Gasteiger partial charge < -0.3 is 24.7 Å². The number of carbonyl (C=O) groups excluding carboxylic acids is 1. The maximum Gasteiger partial charge on any atom is 0.224 e. The number of nitrogens with zero attached hydrogens (tertiary/aromatic N) is 2. The van der Waals surface area contributed by atoms with Crippen LogP contribution in [0.4, 0.5) is 11.4 Å². The number of rotatable bonds is 7. The summed E-state index contributed by atoms with van der Waals surface area (Å²) in [4.78, 5) is 18.5. The lowest BCUT2D eigenvalue weighted by Gasteiger charge is -2.27. The van der Waals surface area contributed by atoms with E-state index < -0.39 is 0 Å². The van der Waals surface area contributed by atoms with Gasteiger partial charge in [-0.1, -0.05) is 36.2 Å². The number of benzene rings is 2. The van der Waals surface area contributed by atoms with E-state index in [-0.39, 0.29) is 18.0 Å². The van der Waals surface area contributed by atoms with Crippen LogP contribution in [0, 0.1) is 0 Å². The van der Waals surface area contributed by atoms with E-state index >= 15 is 0 Å². The molecular formula is C28H24Cl2N4O3S. The number of hydrogen-bond donors (Lipinski definition) is 2. The number of furan rings is 1. The summed E-state index contributed by atoms with van der Waals surface area (Å²) in [5, 5.41) is 7.81. The number of nitrogens with one attached hydrogen (secondary N) is 2. The summed E-state index contributed by atoms with van der Waals surface area (Å²) in [6, 6.07) is 19.7. The summed E-state index contributed by atoms with van der Waals surface area (Å²) >= 11 is 18.4. The lowest BCUT2D eigenvalue weighted by atomic mass is 10.0. The monoisotopic (exact) mass is 566 g/mol. The Kier molecular flexibility index (Phi) is 7.56. The van der Waals surface area contributed by atoms with Gasteiger partial charge in [-0.15, -0.1) is 0 Å². The van der Waals surface area contributed by atoms with Crippen molar-refractivity contribution in [1.82, 2.24) is 10.3 Å². The van der Waals surface area contributed by atoms with Crippen LogP contribution in [0.1, 0.15) is 36.9 Å². The third-order valence-electron chi connectivity index (χ3n) is 6.27. The molecule has 194 valence electrons. The molecular weight excluding hydrogens is 543 g/mol. The molecule has 1 saturated heterocycles. The molecule has 1 fully saturated rings. The molecule has 3 heterocycles. The van der Waals surface area contributed by atoms with Crippen molar-refractivity contribution < 1.29 is 13.9 Å². The highest BCUT2D eigenvalue weighted by atomic mass is 35.5. The summed E-state index contributed by atoms with van der Waals surface area (Å²) in [5.74, 6) is 1.68. The second-order valence-electron chi connectivity index (χ2n) is 8.61. The second kappa shape index (κ2) is 11.0. The van der Waals surface area contributed by atoms with Gasteiger partial charge in [0.15, 0.2) is 5.11 Å². The summed E-state index contributed by atoms with van der Waals surface area (Å²) in [7, 11) is 1.56. The molecule has 0 unspecified atom stereocenters. The molecule has 4 aromatic rings. The number of hydrogen-bond acceptors (Lipinski definition) is 5. The Labute approximate surface area is 235 Å². The highest BCUT2D eigenvalue weighted by Crippen LogP contribution is 2.45. The molecule has 0 bridgehead atoms. The zero-order valence-electron chi connectivity index (χ0n) is 20.6. The molecule has 5 rings (SSSR count). The number of amides is 1. The minimum atomic E-state index is -0.377. The van der Waals surface area contributed by atoms with Crippen molar-refractivity contribution in [2.45, 2.75) is 25.4 Å². The van der Waals surface area contributed by atoms with Crippen LogP contribution in [0.25, 0.3) is 11.3 Å². The SMILES string of the molecule is CCC(=O)Nc1ccc(N2C(=S)N[C@H](c3ccccn3)[C@@H]2c2ccc(-c3ccc(Cl)cc3Cl)o2)cc1OC. The standard InChI is InChI=1S/C28H24Cl2N4O3S/c1-3-25(35)32-20-10-8-17(15-24(20)36-2)34-27(26(33-28(34)38)21-6-4-5-13-31-21)23-12-11-22(37-23)18-9-7-16(29)14-19(18)30/h4-15,26-27H,3H2,1-2H3,(H,32,35)(H,33,38)/t26-,27+/m1/s1. The highest BCUT2D eigenvalue weighted by Gasteiger charge is 2.43. The van der Waals surface area contributed by atoms with Crippen molar-refractivity contribution in [3.8, 4) is 17.1 Å². The number of methoxy groups -OCH3 is 1. The van der Waals surface area contributed by atoms with Crippen LogP contribution >= 0.6 is 35.4 Å². The van der Waals surface area contributed by atoms with Crippen molar-refractivity contribution >= 4 is 57.8 Å². The molecule has 38 heavy (non-hydrogen) atoms. The number of carbonyl (C=O) groups is 1. The molecule has 1 aliphatic rings. The molecule has 2 aromatic carbocycles. The van der Waals surface area contributed by atoms with Gasteiger partial charge in [0.2, 0.25) is 5.91 Å². The zero-order chi connectivity index (χ0) is 26.8. The topological polar surface area (TPSA) is 79.6 Å². The van der Waals surface area contributed by atoms with Gasteiger partial charge in [-0.2, -0.15) is 0 Å². The average Bonchev–Trinajstić information content (AvgIpc) is 3.54.